The molecule has 0 aliphatic carbocycles. The quantitative estimate of drug-likeness (QED) is 0.690. The average molecular weight is 431 g/mol. The molecule has 0 unspecified atom stereocenters. The van der Waals surface area contributed by atoms with Gasteiger partial charge in [-0.05, 0) is 29.3 Å². The van der Waals surface area contributed by atoms with Crippen molar-refractivity contribution in [1.82, 2.24) is 14.8 Å². The van der Waals surface area contributed by atoms with Gasteiger partial charge in [0.1, 0.15) is 12.4 Å². The van der Waals surface area contributed by atoms with Crippen molar-refractivity contribution in [1.29, 1.82) is 0 Å². The summed E-state index contributed by atoms with van der Waals surface area (Å²) >= 11 is 0. The van der Waals surface area contributed by atoms with Crippen LogP contribution in [0.3, 0.4) is 0 Å². The Morgan fingerprint density at radius 3 is 2.47 bits per heavy atom. The van der Waals surface area contributed by atoms with Crippen molar-refractivity contribution in [2.45, 2.75) is 18.0 Å². The van der Waals surface area contributed by atoms with E-state index < -0.39 is 0 Å². The summed E-state index contributed by atoms with van der Waals surface area (Å²) in [5, 5.41) is 9.97. The Hall–Kier alpha value is -3.58. The molecule has 5 rings (SSSR count). The zero-order valence-corrected chi connectivity index (χ0v) is 17.3. The molecule has 1 N–H and O–H groups in total. The molecular formula is C25H22FN3O3. The van der Waals surface area contributed by atoms with Crippen molar-refractivity contribution < 1.29 is 19.1 Å². The first-order valence-electron chi connectivity index (χ1n) is 10.5. The van der Waals surface area contributed by atoms with E-state index in [9.17, 15) is 19.1 Å². The van der Waals surface area contributed by atoms with Gasteiger partial charge in [-0.1, -0.05) is 42.5 Å². The highest BCUT2D eigenvalue weighted by atomic mass is 19.1. The number of benzene rings is 2. The molecule has 2 amide bonds. The van der Waals surface area contributed by atoms with Crippen LogP contribution < -0.4 is 0 Å². The van der Waals surface area contributed by atoms with Crippen LogP contribution >= 0.6 is 0 Å². The van der Waals surface area contributed by atoms with E-state index in [1.165, 1.54) is 6.07 Å². The molecular weight excluding hydrogens is 409 g/mol. The fourth-order valence-electron chi connectivity index (χ4n) is 4.91. The van der Waals surface area contributed by atoms with Gasteiger partial charge in [0.25, 0.3) is 5.91 Å². The monoisotopic (exact) mass is 431 g/mol. The van der Waals surface area contributed by atoms with Gasteiger partial charge in [0, 0.05) is 36.0 Å². The molecule has 0 bridgehead atoms. The van der Waals surface area contributed by atoms with Gasteiger partial charge in [-0.25, -0.2) is 4.39 Å². The SMILES string of the molecule is O=C(c1ccncc1)N1CC(=O)N2[C@H](C1)[C@H](c1ccc(-c3ccccc3F)cc1)[C@@H]2CO. The second kappa shape index (κ2) is 8.16. The van der Waals surface area contributed by atoms with Gasteiger partial charge in [-0.3, -0.25) is 14.6 Å². The van der Waals surface area contributed by atoms with Crippen molar-refractivity contribution in [3.8, 4) is 11.1 Å². The van der Waals surface area contributed by atoms with Crippen LogP contribution in [0.2, 0.25) is 0 Å². The summed E-state index contributed by atoms with van der Waals surface area (Å²) in [5.41, 5.74) is 2.73. The van der Waals surface area contributed by atoms with Crippen LogP contribution in [0.15, 0.2) is 73.1 Å². The molecule has 2 saturated heterocycles. The summed E-state index contributed by atoms with van der Waals surface area (Å²) in [5.74, 6) is -0.762. The number of hydrogen-bond donors (Lipinski definition) is 1. The summed E-state index contributed by atoms with van der Waals surface area (Å²) in [4.78, 5) is 32.9. The molecule has 1 aromatic heterocycles. The Morgan fingerprint density at radius 1 is 1.06 bits per heavy atom. The molecule has 2 fully saturated rings. The van der Waals surface area contributed by atoms with Crippen LogP contribution in [-0.2, 0) is 4.79 Å². The maximum atomic E-state index is 14.1. The van der Waals surface area contributed by atoms with Crippen LogP contribution in [-0.4, -0.2) is 63.5 Å². The molecule has 3 heterocycles. The zero-order valence-electron chi connectivity index (χ0n) is 17.3. The number of aromatic nitrogens is 1. The molecule has 6 nitrogen and oxygen atoms in total. The van der Waals surface area contributed by atoms with Gasteiger partial charge in [0.15, 0.2) is 0 Å². The Kier molecular flexibility index (Phi) is 5.19. The van der Waals surface area contributed by atoms with Crippen LogP contribution in [0.5, 0.6) is 0 Å². The molecule has 0 spiro atoms. The van der Waals surface area contributed by atoms with Gasteiger partial charge >= 0.3 is 0 Å². The molecule has 3 atom stereocenters. The number of hydrogen-bond acceptors (Lipinski definition) is 4. The minimum atomic E-state index is -0.329. The van der Waals surface area contributed by atoms with E-state index in [-0.39, 0.29) is 48.8 Å². The van der Waals surface area contributed by atoms with Gasteiger partial charge in [-0.2, -0.15) is 0 Å². The van der Waals surface area contributed by atoms with Gasteiger partial charge < -0.3 is 14.9 Å². The number of carbonyl (C=O) groups is 2. The molecule has 32 heavy (non-hydrogen) atoms. The number of amides is 2. The summed E-state index contributed by atoms with van der Waals surface area (Å²) < 4.78 is 14.1. The van der Waals surface area contributed by atoms with Crippen LogP contribution in [0, 0.1) is 5.82 Å². The Bertz CT molecular complexity index is 1150. The standard InChI is InChI=1S/C25H22FN3O3/c26-20-4-2-1-3-19(20)16-5-7-17(8-6-16)24-21-13-28(14-23(31)29(21)22(24)15-30)25(32)18-9-11-27-12-10-18/h1-12,21-22,24,30H,13-15H2/t21-,22+,24+/m1/s1. The van der Waals surface area contributed by atoms with E-state index in [2.05, 4.69) is 4.98 Å². The number of piperazine rings is 1. The van der Waals surface area contributed by atoms with Gasteiger partial charge in [-0.15, -0.1) is 0 Å². The second-order valence-electron chi connectivity index (χ2n) is 8.17. The maximum absolute atomic E-state index is 14.1. The molecule has 0 saturated carbocycles. The predicted molar refractivity (Wildman–Crippen MR) is 116 cm³/mol. The third-order valence-electron chi connectivity index (χ3n) is 6.45. The lowest BCUT2D eigenvalue weighted by atomic mass is 9.73. The Labute approximate surface area is 184 Å². The summed E-state index contributed by atoms with van der Waals surface area (Å²) in [6, 6.07) is 16.9. The number of aliphatic hydroxyl groups excluding tert-OH is 1. The highest BCUT2D eigenvalue weighted by Gasteiger charge is 2.54. The minimum Gasteiger partial charge on any atom is -0.394 e. The number of aliphatic hydroxyl groups is 1. The predicted octanol–water partition coefficient (Wildman–Crippen LogP) is 2.70. The summed E-state index contributed by atoms with van der Waals surface area (Å²) in [6.07, 6.45) is 3.10. The van der Waals surface area contributed by atoms with E-state index in [0.29, 0.717) is 17.7 Å². The number of halogens is 1. The molecule has 0 radical (unpaired) electrons. The highest BCUT2D eigenvalue weighted by Crippen LogP contribution is 2.43. The molecule has 162 valence electrons. The lowest BCUT2D eigenvalue weighted by Crippen LogP contribution is -2.73. The van der Waals surface area contributed by atoms with Crippen LogP contribution in [0.25, 0.3) is 11.1 Å². The first kappa shape index (κ1) is 20.3. The third kappa shape index (κ3) is 3.35. The van der Waals surface area contributed by atoms with Gasteiger partial charge in [0.2, 0.25) is 5.91 Å². The first-order chi connectivity index (χ1) is 15.6. The topological polar surface area (TPSA) is 73.7 Å². The van der Waals surface area contributed by atoms with Crippen LogP contribution in [0.1, 0.15) is 21.8 Å². The Morgan fingerprint density at radius 2 is 1.78 bits per heavy atom. The number of fused-ring (bicyclic) bond motifs is 1. The van der Waals surface area contributed by atoms with Gasteiger partial charge in [0.05, 0.1) is 18.7 Å². The number of carbonyl (C=O) groups excluding carboxylic acids is 2. The molecule has 7 heteroatoms. The van der Waals surface area contributed by atoms with E-state index in [0.717, 1.165) is 11.1 Å². The van der Waals surface area contributed by atoms with Crippen molar-refractivity contribution in [3.63, 3.8) is 0 Å². The Balaban J connectivity index is 1.40. The van der Waals surface area contributed by atoms with E-state index >= 15 is 0 Å². The number of nitrogens with zero attached hydrogens (tertiary/aromatic N) is 3. The number of rotatable bonds is 4. The lowest BCUT2D eigenvalue weighted by Gasteiger charge is -2.58. The molecule has 2 aromatic carbocycles. The average Bonchev–Trinajstić information content (AvgIpc) is 2.81. The van der Waals surface area contributed by atoms with Crippen molar-refractivity contribution in [3.05, 3.63) is 90.0 Å². The van der Waals surface area contributed by atoms with Crippen molar-refractivity contribution in [2.75, 3.05) is 19.7 Å². The maximum Gasteiger partial charge on any atom is 0.254 e. The first-order valence-corrected chi connectivity index (χ1v) is 10.5. The van der Waals surface area contributed by atoms with Crippen molar-refractivity contribution >= 4 is 11.8 Å². The minimum absolute atomic E-state index is 0.00685. The van der Waals surface area contributed by atoms with E-state index in [4.69, 9.17) is 0 Å². The fraction of sp³-hybridized carbons (Fsp3) is 0.240. The normalized spacial score (nSPS) is 22.3. The third-order valence-corrected chi connectivity index (χ3v) is 6.45. The number of pyridine rings is 1. The van der Waals surface area contributed by atoms with E-state index in [1.54, 1.807) is 52.5 Å². The highest BCUT2D eigenvalue weighted by molar-refractivity contribution is 5.97. The second-order valence-corrected chi connectivity index (χ2v) is 8.17. The lowest BCUT2D eigenvalue weighted by molar-refractivity contribution is -0.159. The molecule has 2 aliphatic heterocycles. The van der Waals surface area contributed by atoms with E-state index in [1.807, 2.05) is 24.3 Å². The van der Waals surface area contributed by atoms with Crippen LogP contribution in [0.4, 0.5) is 4.39 Å². The fourth-order valence-corrected chi connectivity index (χ4v) is 4.91. The molecule has 2 aliphatic rings. The van der Waals surface area contributed by atoms with Crippen molar-refractivity contribution in [2.24, 2.45) is 0 Å². The summed E-state index contributed by atoms with van der Waals surface area (Å²) in [7, 11) is 0. The largest absolute Gasteiger partial charge is 0.394 e. The zero-order chi connectivity index (χ0) is 22.2. The molecule has 3 aromatic rings. The summed E-state index contributed by atoms with van der Waals surface area (Å²) in [6.45, 7) is 0.233. The smallest absolute Gasteiger partial charge is 0.254 e.